The van der Waals surface area contributed by atoms with Crippen molar-refractivity contribution in [2.75, 3.05) is 0 Å². The molecule has 1 rings (SSSR count). The standard InChI is InChI=1S/C11H14Cl4OSi/c1-6(16)11(17(2,3)4)9(14)7(12)5-8(13)10(11)15/h5,9H,1-4H3. The van der Waals surface area contributed by atoms with E-state index in [-0.39, 0.29) is 5.78 Å². The van der Waals surface area contributed by atoms with E-state index in [4.69, 9.17) is 46.4 Å². The predicted molar refractivity (Wildman–Crippen MR) is 79.0 cm³/mol. The van der Waals surface area contributed by atoms with Gasteiger partial charge in [-0.2, -0.15) is 0 Å². The first-order chi connectivity index (χ1) is 7.56. The summed E-state index contributed by atoms with van der Waals surface area (Å²) < 4.78 is 0. The molecule has 0 amide bonds. The quantitative estimate of drug-likeness (QED) is 0.509. The van der Waals surface area contributed by atoms with Crippen molar-refractivity contribution < 1.29 is 4.79 Å². The van der Waals surface area contributed by atoms with Gasteiger partial charge < -0.3 is 0 Å². The lowest BCUT2D eigenvalue weighted by Crippen LogP contribution is -2.51. The maximum absolute atomic E-state index is 12.2. The smallest absolute Gasteiger partial charge is 0.140 e. The normalized spacial score (nSPS) is 30.4. The summed E-state index contributed by atoms with van der Waals surface area (Å²) in [5, 5.41) is -0.567. The van der Waals surface area contributed by atoms with Crippen molar-refractivity contribution in [3.63, 3.8) is 0 Å². The van der Waals surface area contributed by atoms with Gasteiger partial charge in [0.1, 0.15) is 5.78 Å². The molecule has 0 heterocycles. The van der Waals surface area contributed by atoms with Gasteiger partial charge in [0.05, 0.1) is 23.5 Å². The van der Waals surface area contributed by atoms with Crippen LogP contribution in [0.2, 0.25) is 24.7 Å². The van der Waals surface area contributed by atoms with Crippen LogP contribution in [0.15, 0.2) is 21.2 Å². The second-order valence-electron chi connectivity index (χ2n) is 5.17. The zero-order valence-corrected chi connectivity index (χ0v) is 14.1. The molecule has 0 aromatic heterocycles. The van der Waals surface area contributed by atoms with Crippen molar-refractivity contribution in [3.8, 4) is 0 Å². The molecule has 0 aromatic carbocycles. The highest BCUT2D eigenvalue weighted by Crippen LogP contribution is 2.59. The Bertz CT molecular complexity index is 422. The monoisotopic (exact) mass is 330 g/mol. The maximum Gasteiger partial charge on any atom is 0.140 e. The fourth-order valence-corrected chi connectivity index (χ4v) is 8.38. The van der Waals surface area contributed by atoms with Gasteiger partial charge in [0.15, 0.2) is 0 Å². The minimum absolute atomic E-state index is 0.0777. The molecule has 1 nitrogen and oxygen atoms in total. The molecule has 0 bridgehead atoms. The summed E-state index contributed by atoms with van der Waals surface area (Å²) in [4.78, 5) is 12.2. The SMILES string of the molecule is CC(=O)C1([Si](C)(C)C)C(Cl)=C(Cl)C=C(Cl)C1Cl. The van der Waals surface area contributed by atoms with Crippen molar-refractivity contribution in [3.05, 3.63) is 21.2 Å². The van der Waals surface area contributed by atoms with Crippen LogP contribution in [0, 0.1) is 0 Å². The first kappa shape index (κ1) is 15.6. The Balaban J connectivity index is 3.63. The Morgan fingerprint density at radius 1 is 1.29 bits per heavy atom. The lowest BCUT2D eigenvalue weighted by atomic mass is 9.94. The number of rotatable bonds is 2. The molecule has 0 spiro atoms. The molecule has 96 valence electrons. The van der Waals surface area contributed by atoms with Crippen LogP contribution >= 0.6 is 46.4 Å². The number of ketones is 1. The van der Waals surface area contributed by atoms with E-state index in [0.717, 1.165) is 0 Å². The topological polar surface area (TPSA) is 17.1 Å². The van der Waals surface area contributed by atoms with Crippen molar-refractivity contribution in [1.82, 2.24) is 0 Å². The molecule has 6 heteroatoms. The van der Waals surface area contributed by atoms with Crippen molar-refractivity contribution >= 4 is 60.3 Å². The third kappa shape index (κ3) is 2.23. The highest BCUT2D eigenvalue weighted by molar-refractivity contribution is 6.86. The van der Waals surface area contributed by atoms with E-state index in [2.05, 4.69) is 0 Å². The number of Topliss-reactive ketones (excluding diaryl/α,β-unsaturated/α-hetero) is 1. The van der Waals surface area contributed by atoms with Crippen molar-refractivity contribution in [1.29, 1.82) is 0 Å². The molecular formula is C11H14Cl4OSi. The molecule has 0 fully saturated rings. The fraction of sp³-hybridized carbons (Fsp3) is 0.545. The molecule has 0 aliphatic heterocycles. The van der Waals surface area contributed by atoms with E-state index in [9.17, 15) is 4.79 Å². The second-order valence-corrected chi connectivity index (χ2v) is 12.1. The number of allylic oxidation sites excluding steroid dienone is 4. The molecule has 1 aliphatic carbocycles. The van der Waals surface area contributed by atoms with Crippen LogP contribution in [-0.4, -0.2) is 19.2 Å². The summed E-state index contributed by atoms with van der Waals surface area (Å²) in [6.45, 7) is 7.60. The van der Waals surface area contributed by atoms with Crippen LogP contribution in [0.1, 0.15) is 6.92 Å². The van der Waals surface area contributed by atoms with Crippen LogP contribution < -0.4 is 0 Å². The number of hydrogen-bond donors (Lipinski definition) is 0. The second kappa shape index (κ2) is 4.90. The van der Waals surface area contributed by atoms with E-state index in [1.807, 2.05) is 19.6 Å². The number of halogens is 4. The molecule has 0 saturated carbocycles. The predicted octanol–water partition coefficient (Wildman–Crippen LogP) is 5.09. The first-order valence-electron chi connectivity index (χ1n) is 5.14. The molecule has 17 heavy (non-hydrogen) atoms. The Morgan fingerprint density at radius 2 is 1.76 bits per heavy atom. The first-order valence-corrected chi connectivity index (χ1v) is 10.2. The molecule has 1 aliphatic rings. The van der Waals surface area contributed by atoms with Gasteiger partial charge in [0, 0.05) is 10.1 Å². The lowest BCUT2D eigenvalue weighted by Gasteiger charge is -2.46. The van der Waals surface area contributed by atoms with Gasteiger partial charge >= 0.3 is 0 Å². The summed E-state index contributed by atoms with van der Waals surface area (Å²) >= 11 is 24.8. The van der Waals surface area contributed by atoms with Crippen molar-refractivity contribution in [2.45, 2.75) is 37.0 Å². The van der Waals surface area contributed by atoms with E-state index < -0.39 is 18.5 Å². The molecule has 0 aromatic rings. The van der Waals surface area contributed by atoms with Crippen molar-refractivity contribution in [2.24, 2.45) is 0 Å². The Morgan fingerprint density at radius 3 is 2.12 bits per heavy atom. The summed E-state index contributed by atoms with van der Waals surface area (Å²) in [5.74, 6) is -0.0777. The number of carbonyl (C=O) groups is 1. The van der Waals surface area contributed by atoms with E-state index in [1.54, 1.807) is 0 Å². The van der Waals surface area contributed by atoms with Crippen LogP contribution in [-0.2, 0) is 4.79 Å². The fourth-order valence-electron chi connectivity index (χ4n) is 2.33. The highest BCUT2D eigenvalue weighted by atomic mass is 35.5. The molecule has 2 unspecified atom stereocenters. The summed E-state index contributed by atoms with van der Waals surface area (Å²) in [7, 11) is -2.06. The molecule has 0 saturated heterocycles. The molecule has 2 atom stereocenters. The zero-order chi connectivity index (χ0) is 13.6. The Kier molecular flexibility index (Phi) is 4.49. The van der Waals surface area contributed by atoms with Crippen LogP contribution in [0.5, 0.6) is 0 Å². The third-order valence-electron chi connectivity index (χ3n) is 3.18. The summed E-state index contributed by atoms with van der Waals surface area (Å²) in [5.41, 5.74) is 0. The number of alkyl halides is 1. The van der Waals surface area contributed by atoms with Crippen LogP contribution in [0.3, 0.4) is 0 Å². The van der Waals surface area contributed by atoms with Gasteiger partial charge in [-0.15, -0.1) is 11.6 Å². The van der Waals surface area contributed by atoms with E-state index in [1.165, 1.54) is 13.0 Å². The number of carbonyl (C=O) groups excluding carboxylic acids is 1. The van der Waals surface area contributed by atoms with Gasteiger partial charge in [0.25, 0.3) is 0 Å². The minimum atomic E-state index is -2.06. The van der Waals surface area contributed by atoms with Gasteiger partial charge in [-0.1, -0.05) is 54.4 Å². The van der Waals surface area contributed by atoms with Crippen LogP contribution in [0.25, 0.3) is 0 Å². The Hall–Kier alpha value is 0.527. The summed E-state index contributed by atoms with van der Waals surface area (Å²) in [6.07, 6.45) is 1.52. The average Bonchev–Trinajstić information content (AvgIpc) is 2.13. The molecular weight excluding hydrogens is 318 g/mol. The van der Waals surface area contributed by atoms with Gasteiger partial charge in [-0.25, -0.2) is 0 Å². The third-order valence-corrected chi connectivity index (χ3v) is 8.68. The van der Waals surface area contributed by atoms with E-state index in [0.29, 0.717) is 15.1 Å². The maximum atomic E-state index is 12.2. The average molecular weight is 332 g/mol. The summed E-state index contributed by atoms with van der Waals surface area (Å²) in [6, 6.07) is 0. The van der Waals surface area contributed by atoms with E-state index >= 15 is 0 Å². The Labute approximate surface area is 123 Å². The van der Waals surface area contributed by atoms with Gasteiger partial charge in [-0.05, 0) is 13.0 Å². The van der Waals surface area contributed by atoms with Crippen LogP contribution in [0.4, 0.5) is 0 Å². The highest BCUT2D eigenvalue weighted by Gasteiger charge is 2.57. The molecule has 0 radical (unpaired) electrons. The minimum Gasteiger partial charge on any atom is -0.299 e. The number of hydrogen-bond acceptors (Lipinski definition) is 1. The van der Waals surface area contributed by atoms with Gasteiger partial charge in [0.2, 0.25) is 0 Å². The zero-order valence-electron chi connectivity index (χ0n) is 10.1. The largest absolute Gasteiger partial charge is 0.299 e. The van der Waals surface area contributed by atoms with Gasteiger partial charge in [-0.3, -0.25) is 4.79 Å². The lowest BCUT2D eigenvalue weighted by molar-refractivity contribution is -0.118. The molecule has 0 N–H and O–H groups in total.